The van der Waals surface area contributed by atoms with Crippen molar-refractivity contribution >= 4 is 51.7 Å². The Bertz CT molecular complexity index is 989. The second-order valence-electron chi connectivity index (χ2n) is 5.51. The highest BCUT2D eigenvalue weighted by Gasteiger charge is 2.16. The quantitative estimate of drug-likeness (QED) is 0.505. The molecule has 26 heavy (non-hydrogen) atoms. The fraction of sp³-hybridized carbons (Fsp3) is 0.176. The maximum Gasteiger partial charge on any atom is 0.289 e. The SMILES string of the molecule is CSCc1nc2ccccc2n1CC(=O)Nc1ccc(Cl)c([N+](=O)[O-])c1. The highest BCUT2D eigenvalue weighted by Crippen LogP contribution is 2.27. The van der Waals surface area contributed by atoms with Gasteiger partial charge in [-0.1, -0.05) is 23.7 Å². The molecule has 0 spiro atoms. The number of nitrogens with zero attached hydrogens (tertiary/aromatic N) is 3. The van der Waals surface area contributed by atoms with E-state index in [4.69, 9.17) is 11.6 Å². The molecule has 0 aliphatic rings. The summed E-state index contributed by atoms with van der Waals surface area (Å²) in [4.78, 5) is 27.4. The maximum atomic E-state index is 12.5. The molecular weight excluding hydrogens is 376 g/mol. The van der Waals surface area contributed by atoms with Crippen molar-refractivity contribution in [2.45, 2.75) is 12.3 Å². The van der Waals surface area contributed by atoms with Gasteiger partial charge in [-0.3, -0.25) is 14.9 Å². The van der Waals surface area contributed by atoms with Gasteiger partial charge < -0.3 is 9.88 Å². The van der Waals surface area contributed by atoms with Crippen molar-refractivity contribution in [1.82, 2.24) is 9.55 Å². The zero-order valence-electron chi connectivity index (χ0n) is 13.8. The molecule has 0 aliphatic heterocycles. The van der Waals surface area contributed by atoms with Gasteiger partial charge in [0.05, 0.1) is 21.7 Å². The van der Waals surface area contributed by atoms with Gasteiger partial charge >= 0.3 is 0 Å². The summed E-state index contributed by atoms with van der Waals surface area (Å²) < 4.78 is 1.85. The number of benzene rings is 2. The number of amides is 1. The first kappa shape index (κ1) is 18.2. The summed E-state index contributed by atoms with van der Waals surface area (Å²) in [7, 11) is 0. The van der Waals surface area contributed by atoms with Crippen LogP contribution in [0, 0.1) is 10.1 Å². The molecule has 7 nitrogen and oxygen atoms in total. The van der Waals surface area contributed by atoms with E-state index < -0.39 is 4.92 Å². The summed E-state index contributed by atoms with van der Waals surface area (Å²) >= 11 is 7.41. The number of anilines is 1. The van der Waals surface area contributed by atoms with E-state index in [-0.39, 0.29) is 23.2 Å². The minimum atomic E-state index is -0.585. The molecule has 0 saturated carbocycles. The molecule has 0 bridgehead atoms. The molecule has 0 aliphatic carbocycles. The number of nitro benzene ring substituents is 1. The Morgan fingerprint density at radius 1 is 1.35 bits per heavy atom. The minimum Gasteiger partial charge on any atom is -0.324 e. The van der Waals surface area contributed by atoms with E-state index in [2.05, 4.69) is 10.3 Å². The van der Waals surface area contributed by atoms with E-state index in [1.807, 2.05) is 35.1 Å². The molecule has 1 aromatic heterocycles. The third-order valence-corrected chi connectivity index (χ3v) is 4.60. The summed E-state index contributed by atoms with van der Waals surface area (Å²) in [6.45, 7) is 0.0623. The van der Waals surface area contributed by atoms with E-state index in [0.717, 1.165) is 16.9 Å². The smallest absolute Gasteiger partial charge is 0.289 e. The number of nitrogens with one attached hydrogen (secondary N) is 1. The van der Waals surface area contributed by atoms with Crippen LogP contribution >= 0.6 is 23.4 Å². The Morgan fingerprint density at radius 2 is 2.12 bits per heavy atom. The van der Waals surface area contributed by atoms with Crippen LogP contribution in [-0.4, -0.2) is 26.6 Å². The Labute approximate surface area is 158 Å². The van der Waals surface area contributed by atoms with E-state index >= 15 is 0 Å². The standard InChI is InChI=1S/C17H15ClN4O3S/c1-26-10-16-20-13-4-2-3-5-14(13)21(16)9-17(23)19-11-6-7-12(18)15(8-11)22(24)25/h2-8H,9-10H2,1H3,(H,19,23). The van der Waals surface area contributed by atoms with Gasteiger partial charge in [-0.25, -0.2) is 4.98 Å². The molecule has 0 atom stereocenters. The van der Waals surface area contributed by atoms with Crippen molar-refractivity contribution in [1.29, 1.82) is 0 Å². The average molecular weight is 391 g/mol. The fourth-order valence-electron chi connectivity index (χ4n) is 2.62. The van der Waals surface area contributed by atoms with Crippen molar-refractivity contribution < 1.29 is 9.72 Å². The number of rotatable bonds is 6. The second-order valence-corrected chi connectivity index (χ2v) is 6.78. The molecule has 2 aromatic carbocycles. The number of carbonyl (C=O) groups is 1. The van der Waals surface area contributed by atoms with Gasteiger partial charge in [-0.2, -0.15) is 11.8 Å². The first-order chi connectivity index (χ1) is 12.5. The van der Waals surface area contributed by atoms with Crippen LogP contribution in [0.25, 0.3) is 11.0 Å². The predicted molar refractivity (Wildman–Crippen MR) is 104 cm³/mol. The zero-order chi connectivity index (χ0) is 18.7. The topological polar surface area (TPSA) is 90.1 Å². The predicted octanol–water partition coefficient (Wildman–Crippen LogP) is 4.10. The third kappa shape index (κ3) is 3.81. The number of halogens is 1. The van der Waals surface area contributed by atoms with Gasteiger partial charge in [0.1, 0.15) is 17.4 Å². The number of nitro groups is 1. The van der Waals surface area contributed by atoms with Crippen LogP contribution in [0.2, 0.25) is 5.02 Å². The molecule has 3 aromatic rings. The second kappa shape index (κ2) is 7.76. The fourth-order valence-corrected chi connectivity index (χ4v) is 3.28. The molecule has 0 unspecified atom stereocenters. The highest BCUT2D eigenvalue weighted by molar-refractivity contribution is 7.97. The number of para-hydroxylation sites is 2. The monoisotopic (exact) mass is 390 g/mol. The van der Waals surface area contributed by atoms with Crippen molar-refractivity contribution in [2.75, 3.05) is 11.6 Å². The van der Waals surface area contributed by atoms with Gasteiger partial charge in [0.2, 0.25) is 5.91 Å². The minimum absolute atomic E-state index is 0.0239. The van der Waals surface area contributed by atoms with Crippen LogP contribution in [0.4, 0.5) is 11.4 Å². The summed E-state index contributed by atoms with van der Waals surface area (Å²) in [5.74, 6) is 1.18. The molecule has 0 fully saturated rings. The lowest BCUT2D eigenvalue weighted by Crippen LogP contribution is -2.20. The van der Waals surface area contributed by atoms with Crippen molar-refractivity contribution in [3.63, 3.8) is 0 Å². The van der Waals surface area contributed by atoms with Crippen LogP contribution in [-0.2, 0) is 17.1 Å². The summed E-state index contributed by atoms with van der Waals surface area (Å²) in [5.41, 5.74) is 1.77. The average Bonchev–Trinajstić information content (AvgIpc) is 2.94. The van der Waals surface area contributed by atoms with Gasteiger partial charge in [-0.15, -0.1) is 0 Å². The van der Waals surface area contributed by atoms with Gasteiger partial charge in [0.15, 0.2) is 0 Å². The molecular formula is C17H15ClN4O3S. The summed E-state index contributed by atoms with van der Waals surface area (Å²) in [6.07, 6.45) is 1.97. The normalized spacial score (nSPS) is 10.8. The summed E-state index contributed by atoms with van der Waals surface area (Å²) in [5, 5.41) is 13.7. The Kier molecular flexibility index (Phi) is 5.43. The van der Waals surface area contributed by atoms with Crippen molar-refractivity contribution in [2.24, 2.45) is 0 Å². The summed E-state index contributed by atoms with van der Waals surface area (Å²) in [6, 6.07) is 11.8. The lowest BCUT2D eigenvalue weighted by Gasteiger charge is -2.10. The Hall–Kier alpha value is -2.58. The molecule has 134 valence electrons. The third-order valence-electron chi connectivity index (χ3n) is 3.74. The van der Waals surface area contributed by atoms with E-state index in [9.17, 15) is 14.9 Å². The lowest BCUT2D eigenvalue weighted by atomic mass is 10.2. The number of fused-ring (bicyclic) bond motifs is 1. The molecule has 1 amide bonds. The maximum absolute atomic E-state index is 12.5. The number of aromatic nitrogens is 2. The number of thioether (sulfide) groups is 1. The largest absolute Gasteiger partial charge is 0.324 e. The number of hydrogen-bond donors (Lipinski definition) is 1. The first-order valence-corrected chi connectivity index (χ1v) is 9.43. The molecule has 1 N–H and O–H groups in total. The molecule has 1 heterocycles. The molecule has 0 radical (unpaired) electrons. The van der Waals surface area contributed by atoms with Crippen LogP contribution in [0.1, 0.15) is 5.82 Å². The first-order valence-electron chi connectivity index (χ1n) is 7.66. The number of carbonyl (C=O) groups excluding carboxylic acids is 1. The van der Waals surface area contributed by atoms with Gasteiger partial charge in [0, 0.05) is 11.8 Å². The van der Waals surface area contributed by atoms with Crippen LogP contribution in [0.5, 0.6) is 0 Å². The Balaban J connectivity index is 1.84. The molecule has 0 saturated heterocycles. The van der Waals surface area contributed by atoms with Crippen LogP contribution in [0.15, 0.2) is 42.5 Å². The number of imidazole rings is 1. The molecule has 3 rings (SSSR count). The van der Waals surface area contributed by atoms with Gasteiger partial charge in [-0.05, 0) is 30.5 Å². The number of hydrogen-bond acceptors (Lipinski definition) is 5. The zero-order valence-corrected chi connectivity index (χ0v) is 15.4. The van der Waals surface area contributed by atoms with Gasteiger partial charge in [0.25, 0.3) is 5.69 Å². The lowest BCUT2D eigenvalue weighted by molar-refractivity contribution is -0.384. The molecule has 9 heteroatoms. The van der Waals surface area contributed by atoms with Crippen molar-refractivity contribution in [3.05, 3.63) is 63.4 Å². The van der Waals surface area contributed by atoms with Crippen LogP contribution < -0.4 is 5.32 Å². The Morgan fingerprint density at radius 3 is 2.85 bits per heavy atom. The van der Waals surface area contributed by atoms with Crippen LogP contribution in [0.3, 0.4) is 0 Å². The van der Waals surface area contributed by atoms with E-state index in [1.165, 1.54) is 18.2 Å². The highest BCUT2D eigenvalue weighted by atomic mass is 35.5. The van der Waals surface area contributed by atoms with E-state index in [1.54, 1.807) is 11.8 Å². The van der Waals surface area contributed by atoms with Crippen molar-refractivity contribution in [3.8, 4) is 0 Å². The van der Waals surface area contributed by atoms with E-state index in [0.29, 0.717) is 11.4 Å².